The van der Waals surface area contributed by atoms with Crippen molar-refractivity contribution in [3.63, 3.8) is 0 Å². The number of carbonyl (C=O) groups is 1. The van der Waals surface area contributed by atoms with E-state index >= 15 is 0 Å². The second kappa shape index (κ2) is 11.0. The van der Waals surface area contributed by atoms with Crippen molar-refractivity contribution in [2.45, 2.75) is 88.5 Å². The molecule has 4 unspecified atom stereocenters. The smallest absolute Gasteiger partial charge is 0.303 e. The van der Waals surface area contributed by atoms with E-state index in [2.05, 4.69) is 31.2 Å². The van der Waals surface area contributed by atoms with Gasteiger partial charge in [-0.15, -0.1) is 11.6 Å². The molecule has 2 aliphatic carbocycles. The highest BCUT2D eigenvalue weighted by Gasteiger charge is 2.43. The fraction of sp³-hybridized carbons (Fsp3) is 0.720. The zero-order chi connectivity index (χ0) is 21.6. The first-order valence-electron chi connectivity index (χ1n) is 11.7. The van der Waals surface area contributed by atoms with Crippen molar-refractivity contribution in [1.29, 1.82) is 0 Å². The van der Waals surface area contributed by atoms with Crippen LogP contribution >= 0.6 is 11.6 Å². The summed E-state index contributed by atoms with van der Waals surface area (Å²) in [5, 5.41) is 19.8. The fourth-order valence-corrected chi connectivity index (χ4v) is 5.93. The third kappa shape index (κ3) is 5.57. The molecule has 2 N–H and O–H groups in total. The summed E-state index contributed by atoms with van der Waals surface area (Å²) < 4.78 is 5.86. The highest BCUT2D eigenvalue weighted by molar-refractivity contribution is 6.21. The molecule has 5 heteroatoms. The van der Waals surface area contributed by atoms with Crippen molar-refractivity contribution >= 4 is 17.6 Å². The van der Waals surface area contributed by atoms with Crippen LogP contribution in [0.25, 0.3) is 0 Å². The summed E-state index contributed by atoms with van der Waals surface area (Å²) >= 11 is 6.68. The van der Waals surface area contributed by atoms with Crippen LogP contribution in [0.4, 0.5) is 0 Å². The lowest BCUT2D eigenvalue weighted by Gasteiger charge is -2.46. The van der Waals surface area contributed by atoms with Gasteiger partial charge in [-0.2, -0.15) is 0 Å². The molecule has 168 valence electrons. The Balaban J connectivity index is 1.56. The van der Waals surface area contributed by atoms with Crippen LogP contribution < -0.4 is 0 Å². The minimum atomic E-state index is -0.748. The lowest BCUT2D eigenvalue weighted by molar-refractivity contribution is -0.137. The third-order valence-corrected chi connectivity index (χ3v) is 7.78. The van der Waals surface area contributed by atoms with Gasteiger partial charge in [0.1, 0.15) is 0 Å². The maximum Gasteiger partial charge on any atom is 0.303 e. The van der Waals surface area contributed by atoms with E-state index in [1.165, 1.54) is 12.0 Å². The van der Waals surface area contributed by atoms with Crippen molar-refractivity contribution in [1.82, 2.24) is 0 Å². The van der Waals surface area contributed by atoms with Crippen LogP contribution in [-0.4, -0.2) is 34.8 Å². The second-order valence-electron chi connectivity index (χ2n) is 9.34. The summed E-state index contributed by atoms with van der Waals surface area (Å²) in [6.07, 6.45) is 8.99. The molecule has 4 nitrogen and oxygen atoms in total. The lowest BCUT2D eigenvalue weighted by atomic mass is 9.61. The number of hydrogen-bond acceptors (Lipinski definition) is 3. The first-order chi connectivity index (χ1) is 14.5. The first-order valence-corrected chi connectivity index (χ1v) is 12.1. The molecule has 0 aromatic heterocycles. The van der Waals surface area contributed by atoms with E-state index < -0.39 is 5.97 Å². The predicted molar refractivity (Wildman–Crippen MR) is 120 cm³/mol. The number of ether oxygens (including phenoxy) is 1. The van der Waals surface area contributed by atoms with Crippen LogP contribution in [0.1, 0.15) is 94.3 Å². The van der Waals surface area contributed by atoms with E-state index in [1.807, 2.05) is 0 Å². The van der Waals surface area contributed by atoms with Gasteiger partial charge in [-0.1, -0.05) is 44.0 Å². The number of rotatable bonds is 12. The maximum absolute atomic E-state index is 11.0. The molecule has 1 aromatic rings. The Hall–Kier alpha value is -1.10. The van der Waals surface area contributed by atoms with E-state index in [0.717, 1.165) is 50.5 Å². The normalized spacial score (nSPS) is 26.3. The monoisotopic (exact) mass is 436 g/mol. The Morgan fingerprint density at radius 1 is 1.23 bits per heavy atom. The lowest BCUT2D eigenvalue weighted by Crippen LogP contribution is -2.36. The minimum absolute atomic E-state index is 0.0790. The van der Waals surface area contributed by atoms with Crippen LogP contribution in [0.15, 0.2) is 24.3 Å². The van der Waals surface area contributed by atoms with Gasteiger partial charge in [0.05, 0.1) is 12.7 Å². The highest BCUT2D eigenvalue weighted by Crippen LogP contribution is 2.53. The zero-order valence-electron chi connectivity index (χ0n) is 18.2. The fourth-order valence-electron chi connectivity index (χ4n) is 5.45. The molecule has 0 spiro atoms. The van der Waals surface area contributed by atoms with Crippen molar-refractivity contribution in [2.24, 2.45) is 11.3 Å². The van der Waals surface area contributed by atoms with Gasteiger partial charge in [0.25, 0.3) is 0 Å². The molecule has 0 radical (unpaired) electrons. The molecule has 3 rings (SSSR count). The number of alkyl halides is 1. The summed E-state index contributed by atoms with van der Waals surface area (Å²) in [6, 6.07) is 8.51. The third-order valence-electron chi connectivity index (χ3n) is 7.29. The van der Waals surface area contributed by atoms with Crippen LogP contribution in [0.5, 0.6) is 0 Å². The molecule has 0 bridgehead atoms. The minimum Gasteiger partial charge on any atom is -0.481 e. The number of aliphatic hydroxyl groups excluding tert-OH is 1. The van der Waals surface area contributed by atoms with Gasteiger partial charge < -0.3 is 14.9 Å². The van der Waals surface area contributed by atoms with E-state index in [-0.39, 0.29) is 29.2 Å². The van der Waals surface area contributed by atoms with Crippen molar-refractivity contribution in [2.75, 3.05) is 13.2 Å². The summed E-state index contributed by atoms with van der Waals surface area (Å²) in [4.78, 5) is 10.6. The molecule has 0 aliphatic heterocycles. The number of aliphatic carboxylic acids is 1. The number of hydrogen-bond donors (Lipinski definition) is 2. The van der Waals surface area contributed by atoms with Crippen molar-refractivity contribution in [3.05, 3.63) is 35.4 Å². The van der Waals surface area contributed by atoms with Gasteiger partial charge in [0, 0.05) is 29.7 Å². The van der Waals surface area contributed by atoms with Crippen LogP contribution in [-0.2, 0) is 9.53 Å². The number of unbranched alkanes of at least 4 members (excludes halogenated alkanes) is 1. The molecule has 0 heterocycles. The van der Waals surface area contributed by atoms with Gasteiger partial charge in [-0.05, 0) is 62.0 Å². The van der Waals surface area contributed by atoms with Gasteiger partial charge in [0.2, 0.25) is 0 Å². The van der Waals surface area contributed by atoms with Crippen LogP contribution in [0.3, 0.4) is 0 Å². The van der Waals surface area contributed by atoms with Gasteiger partial charge in [-0.25, -0.2) is 0 Å². The zero-order valence-corrected chi connectivity index (χ0v) is 18.9. The van der Waals surface area contributed by atoms with Gasteiger partial charge >= 0.3 is 5.97 Å². The summed E-state index contributed by atoms with van der Waals surface area (Å²) in [5.41, 5.74) is 2.35. The molecule has 1 aromatic carbocycles. The van der Waals surface area contributed by atoms with Crippen LogP contribution in [0.2, 0.25) is 0 Å². The van der Waals surface area contributed by atoms with Crippen molar-refractivity contribution < 1.29 is 19.7 Å². The standard InChI is InChI=1S/C25H37ClO4/c1-2-13-25(14-5-15-25)24(29)19-9-7-18(8-10-19)23-20(11-12-21(23)26)17-30-16-4-3-6-22(27)28/h7-10,20-21,23-24,29H,2-6,11-17H2,1H3,(H,27,28). The maximum atomic E-state index is 11.0. The Kier molecular flexibility index (Phi) is 8.62. The Bertz CT molecular complexity index is 670. The van der Waals surface area contributed by atoms with Gasteiger partial charge in [-0.3, -0.25) is 4.79 Å². The predicted octanol–water partition coefficient (Wildman–Crippen LogP) is 6.06. The number of aliphatic hydroxyl groups is 1. The summed E-state index contributed by atoms with van der Waals surface area (Å²) in [6.45, 7) is 3.48. The molecule has 0 amide bonds. The first kappa shape index (κ1) is 23.6. The molecule has 0 saturated heterocycles. The Morgan fingerprint density at radius 3 is 2.57 bits per heavy atom. The average Bonchev–Trinajstić information content (AvgIpc) is 3.07. The SMILES string of the molecule is CCCC1(C(O)c2ccc(C3C(Cl)CCC3COCCCCC(=O)O)cc2)CCC1. The van der Waals surface area contributed by atoms with E-state index in [0.29, 0.717) is 25.6 Å². The van der Waals surface area contributed by atoms with E-state index in [4.69, 9.17) is 21.4 Å². The van der Waals surface area contributed by atoms with Gasteiger partial charge in [0.15, 0.2) is 0 Å². The molecular weight excluding hydrogens is 400 g/mol. The quantitative estimate of drug-likeness (QED) is 0.308. The Morgan fingerprint density at radius 2 is 1.97 bits per heavy atom. The molecule has 2 fully saturated rings. The van der Waals surface area contributed by atoms with E-state index in [9.17, 15) is 9.90 Å². The summed E-state index contributed by atoms with van der Waals surface area (Å²) in [5.74, 6) is -0.0895. The molecule has 30 heavy (non-hydrogen) atoms. The molecule has 2 saturated carbocycles. The Labute approximate surface area is 186 Å². The number of halogens is 1. The van der Waals surface area contributed by atoms with Crippen LogP contribution in [0, 0.1) is 11.3 Å². The summed E-state index contributed by atoms with van der Waals surface area (Å²) in [7, 11) is 0. The largest absolute Gasteiger partial charge is 0.481 e. The number of benzene rings is 1. The second-order valence-corrected chi connectivity index (χ2v) is 9.90. The molecule has 4 atom stereocenters. The molecule has 2 aliphatic rings. The molecular formula is C25H37ClO4. The van der Waals surface area contributed by atoms with Crippen molar-refractivity contribution in [3.8, 4) is 0 Å². The number of carboxylic acid groups (broad SMARTS) is 1. The number of carboxylic acids is 1. The van der Waals surface area contributed by atoms with E-state index in [1.54, 1.807) is 0 Å². The highest BCUT2D eigenvalue weighted by atomic mass is 35.5. The average molecular weight is 437 g/mol. The topological polar surface area (TPSA) is 66.8 Å².